The summed E-state index contributed by atoms with van der Waals surface area (Å²) >= 11 is 3.26. The number of hydrogen-bond acceptors (Lipinski definition) is 1. The molecule has 0 heterocycles. The maximum atomic E-state index is 12.8. The SMILES string of the molecule is Oc1cc(Br)c2cc(F)ccc2c1. The highest BCUT2D eigenvalue weighted by Crippen LogP contribution is 2.29. The average molecular weight is 241 g/mol. The lowest BCUT2D eigenvalue weighted by molar-refractivity contribution is 0.476. The molecule has 3 heteroatoms. The Labute approximate surface area is 82.9 Å². The van der Waals surface area contributed by atoms with E-state index >= 15 is 0 Å². The Hall–Kier alpha value is -1.09. The van der Waals surface area contributed by atoms with Gasteiger partial charge in [-0.1, -0.05) is 22.0 Å². The second-order valence-corrected chi connectivity index (χ2v) is 3.65. The molecular formula is C10H6BrFO. The summed E-state index contributed by atoms with van der Waals surface area (Å²) in [5.41, 5.74) is 0. The van der Waals surface area contributed by atoms with Gasteiger partial charge in [-0.15, -0.1) is 0 Å². The summed E-state index contributed by atoms with van der Waals surface area (Å²) in [6.07, 6.45) is 0. The summed E-state index contributed by atoms with van der Waals surface area (Å²) in [7, 11) is 0. The molecule has 0 spiro atoms. The number of fused-ring (bicyclic) bond motifs is 1. The van der Waals surface area contributed by atoms with Gasteiger partial charge >= 0.3 is 0 Å². The highest BCUT2D eigenvalue weighted by molar-refractivity contribution is 9.10. The van der Waals surface area contributed by atoms with Gasteiger partial charge in [-0.25, -0.2) is 4.39 Å². The minimum Gasteiger partial charge on any atom is -0.508 e. The van der Waals surface area contributed by atoms with Crippen LogP contribution in [0.4, 0.5) is 4.39 Å². The van der Waals surface area contributed by atoms with Crippen LogP contribution in [-0.4, -0.2) is 5.11 Å². The van der Waals surface area contributed by atoms with Gasteiger partial charge < -0.3 is 5.11 Å². The average Bonchev–Trinajstić information content (AvgIpc) is 2.06. The molecule has 0 aliphatic heterocycles. The van der Waals surface area contributed by atoms with Crippen LogP contribution >= 0.6 is 15.9 Å². The molecule has 0 fully saturated rings. The Balaban J connectivity index is 2.87. The van der Waals surface area contributed by atoms with Crippen LogP contribution in [0.5, 0.6) is 5.75 Å². The highest BCUT2D eigenvalue weighted by atomic mass is 79.9. The van der Waals surface area contributed by atoms with Gasteiger partial charge in [0.2, 0.25) is 0 Å². The Kier molecular flexibility index (Phi) is 1.96. The molecule has 0 aromatic heterocycles. The van der Waals surface area contributed by atoms with Crippen LogP contribution in [0.25, 0.3) is 10.8 Å². The maximum Gasteiger partial charge on any atom is 0.123 e. The first-order valence-corrected chi connectivity index (χ1v) is 4.54. The van der Waals surface area contributed by atoms with Crippen molar-refractivity contribution in [2.75, 3.05) is 0 Å². The lowest BCUT2D eigenvalue weighted by atomic mass is 10.1. The first-order chi connectivity index (χ1) is 6.16. The quantitative estimate of drug-likeness (QED) is 0.748. The Morgan fingerprint density at radius 1 is 1.15 bits per heavy atom. The largest absolute Gasteiger partial charge is 0.508 e. The highest BCUT2D eigenvalue weighted by Gasteiger charge is 2.02. The van der Waals surface area contributed by atoms with Gasteiger partial charge in [0.25, 0.3) is 0 Å². The van der Waals surface area contributed by atoms with Gasteiger partial charge in [-0.05, 0) is 35.0 Å². The molecule has 0 aliphatic rings. The van der Waals surface area contributed by atoms with E-state index in [1.165, 1.54) is 12.1 Å². The molecule has 0 bridgehead atoms. The zero-order chi connectivity index (χ0) is 9.42. The van der Waals surface area contributed by atoms with Gasteiger partial charge in [0, 0.05) is 4.47 Å². The first kappa shape index (κ1) is 8.51. The molecule has 1 N–H and O–H groups in total. The van der Waals surface area contributed by atoms with E-state index in [0.717, 1.165) is 10.8 Å². The second-order valence-electron chi connectivity index (χ2n) is 2.79. The third-order valence-electron chi connectivity index (χ3n) is 1.85. The number of aromatic hydroxyl groups is 1. The Morgan fingerprint density at radius 2 is 1.92 bits per heavy atom. The molecule has 2 aromatic rings. The molecule has 66 valence electrons. The van der Waals surface area contributed by atoms with Crippen molar-refractivity contribution in [3.63, 3.8) is 0 Å². The molecule has 0 saturated carbocycles. The van der Waals surface area contributed by atoms with Crippen LogP contribution in [0, 0.1) is 5.82 Å². The number of phenols is 1. The number of phenolic OH excluding ortho intramolecular Hbond substituents is 1. The van der Waals surface area contributed by atoms with Crippen molar-refractivity contribution in [2.45, 2.75) is 0 Å². The summed E-state index contributed by atoms with van der Waals surface area (Å²) in [6, 6.07) is 7.57. The van der Waals surface area contributed by atoms with Crippen molar-refractivity contribution in [3.05, 3.63) is 40.6 Å². The van der Waals surface area contributed by atoms with Crippen molar-refractivity contribution in [3.8, 4) is 5.75 Å². The summed E-state index contributed by atoms with van der Waals surface area (Å²) < 4.78 is 13.5. The minimum absolute atomic E-state index is 0.172. The van der Waals surface area contributed by atoms with E-state index in [0.29, 0.717) is 4.47 Å². The molecule has 0 atom stereocenters. The zero-order valence-electron chi connectivity index (χ0n) is 6.59. The molecule has 0 aliphatic carbocycles. The van der Waals surface area contributed by atoms with Crippen LogP contribution in [0.1, 0.15) is 0 Å². The predicted molar refractivity (Wildman–Crippen MR) is 53.3 cm³/mol. The monoisotopic (exact) mass is 240 g/mol. The van der Waals surface area contributed by atoms with Crippen LogP contribution in [0.15, 0.2) is 34.8 Å². The molecule has 0 radical (unpaired) electrons. The molecular weight excluding hydrogens is 235 g/mol. The predicted octanol–water partition coefficient (Wildman–Crippen LogP) is 3.45. The van der Waals surface area contributed by atoms with E-state index in [2.05, 4.69) is 15.9 Å². The Morgan fingerprint density at radius 3 is 2.69 bits per heavy atom. The van der Waals surface area contributed by atoms with E-state index in [1.807, 2.05) is 0 Å². The fourth-order valence-corrected chi connectivity index (χ4v) is 1.85. The normalized spacial score (nSPS) is 10.6. The summed E-state index contributed by atoms with van der Waals surface area (Å²) in [5.74, 6) is -0.107. The van der Waals surface area contributed by atoms with Crippen LogP contribution in [-0.2, 0) is 0 Å². The van der Waals surface area contributed by atoms with Gasteiger partial charge in [-0.3, -0.25) is 0 Å². The zero-order valence-corrected chi connectivity index (χ0v) is 8.18. The summed E-state index contributed by atoms with van der Waals surface area (Å²) in [5, 5.41) is 10.8. The van der Waals surface area contributed by atoms with Gasteiger partial charge in [0.05, 0.1) is 0 Å². The Bertz CT molecular complexity index is 468. The second kappa shape index (κ2) is 3.00. The van der Waals surface area contributed by atoms with E-state index < -0.39 is 0 Å². The number of rotatable bonds is 0. The number of halogens is 2. The maximum absolute atomic E-state index is 12.8. The summed E-state index contributed by atoms with van der Waals surface area (Å²) in [4.78, 5) is 0. The molecule has 0 unspecified atom stereocenters. The molecule has 0 saturated heterocycles. The standard InChI is InChI=1S/C10H6BrFO/c11-10-5-8(13)3-6-1-2-7(12)4-9(6)10/h1-5,13H. The lowest BCUT2D eigenvalue weighted by Crippen LogP contribution is -1.78. The van der Waals surface area contributed by atoms with Crippen LogP contribution in [0.3, 0.4) is 0 Å². The van der Waals surface area contributed by atoms with Crippen molar-refractivity contribution in [1.82, 2.24) is 0 Å². The molecule has 2 rings (SSSR count). The smallest absolute Gasteiger partial charge is 0.123 e. The molecule has 0 amide bonds. The van der Waals surface area contributed by atoms with Crippen LogP contribution in [0.2, 0.25) is 0 Å². The van der Waals surface area contributed by atoms with E-state index in [1.54, 1.807) is 18.2 Å². The van der Waals surface area contributed by atoms with Crippen LogP contribution < -0.4 is 0 Å². The van der Waals surface area contributed by atoms with Gasteiger partial charge in [-0.2, -0.15) is 0 Å². The van der Waals surface area contributed by atoms with Gasteiger partial charge in [0.15, 0.2) is 0 Å². The topological polar surface area (TPSA) is 20.2 Å². The van der Waals surface area contributed by atoms with E-state index in [9.17, 15) is 9.50 Å². The van der Waals surface area contributed by atoms with Crippen molar-refractivity contribution < 1.29 is 9.50 Å². The van der Waals surface area contributed by atoms with Crippen molar-refractivity contribution >= 4 is 26.7 Å². The minimum atomic E-state index is -0.279. The van der Waals surface area contributed by atoms with E-state index in [4.69, 9.17) is 0 Å². The van der Waals surface area contributed by atoms with Crippen molar-refractivity contribution in [1.29, 1.82) is 0 Å². The lowest BCUT2D eigenvalue weighted by Gasteiger charge is -2.01. The van der Waals surface area contributed by atoms with Gasteiger partial charge in [0.1, 0.15) is 11.6 Å². The fourth-order valence-electron chi connectivity index (χ4n) is 1.27. The molecule has 13 heavy (non-hydrogen) atoms. The molecule has 1 nitrogen and oxygen atoms in total. The molecule has 2 aromatic carbocycles. The van der Waals surface area contributed by atoms with Crippen molar-refractivity contribution in [2.24, 2.45) is 0 Å². The number of hydrogen-bond donors (Lipinski definition) is 1. The third kappa shape index (κ3) is 1.52. The third-order valence-corrected chi connectivity index (χ3v) is 2.51. The number of benzene rings is 2. The first-order valence-electron chi connectivity index (χ1n) is 3.74. The summed E-state index contributed by atoms with van der Waals surface area (Å²) in [6.45, 7) is 0. The van der Waals surface area contributed by atoms with E-state index in [-0.39, 0.29) is 11.6 Å². The fraction of sp³-hybridized carbons (Fsp3) is 0.